The average molecular weight is 457 g/mol. The highest BCUT2D eigenvalue weighted by molar-refractivity contribution is 7.91. The van der Waals surface area contributed by atoms with Crippen molar-refractivity contribution in [1.29, 1.82) is 0 Å². The Bertz CT molecular complexity index is 1170. The van der Waals surface area contributed by atoms with E-state index in [0.29, 0.717) is 10.8 Å². The van der Waals surface area contributed by atoms with E-state index in [2.05, 4.69) is 11.6 Å². The topological polar surface area (TPSA) is 76.6 Å². The molecular weight excluding hydrogens is 432 g/mol. The van der Waals surface area contributed by atoms with E-state index >= 15 is 0 Å². The number of thiazole rings is 1. The Morgan fingerprint density at radius 1 is 1.16 bits per heavy atom. The molecule has 0 saturated carbocycles. The lowest BCUT2D eigenvalue weighted by molar-refractivity contribution is -0.113. The Morgan fingerprint density at radius 3 is 2.35 bits per heavy atom. The normalized spacial score (nSPS) is 11.4. The first-order valence-electron chi connectivity index (χ1n) is 9.64. The number of carbonyl (C=O) groups is 1. The monoisotopic (exact) mass is 456 g/mol. The SMILES string of the molecule is C=CC(=O)N(c1ccc(S(=O)(=O)CC(C)C)cc1)c1nc(-c2ccc(OC)cc2)cs1. The lowest BCUT2D eigenvalue weighted by atomic mass is 10.2. The predicted octanol–water partition coefficient (Wildman–Crippen LogP) is 5.10. The van der Waals surface area contributed by atoms with Crippen LogP contribution in [0.5, 0.6) is 5.75 Å². The number of methoxy groups -OCH3 is 1. The van der Waals surface area contributed by atoms with Gasteiger partial charge in [0, 0.05) is 10.9 Å². The lowest BCUT2D eigenvalue weighted by Crippen LogP contribution is -2.23. The fourth-order valence-corrected chi connectivity index (χ4v) is 5.50. The van der Waals surface area contributed by atoms with Gasteiger partial charge in [0.05, 0.1) is 29.1 Å². The number of carbonyl (C=O) groups excluding carboxylic acids is 1. The minimum Gasteiger partial charge on any atom is -0.497 e. The van der Waals surface area contributed by atoms with E-state index in [9.17, 15) is 13.2 Å². The van der Waals surface area contributed by atoms with Crippen LogP contribution in [0, 0.1) is 5.92 Å². The van der Waals surface area contributed by atoms with Crippen molar-refractivity contribution < 1.29 is 17.9 Å². The van der Waals surface area contributed by atoms with E-state index in [-0.39, 0.29) is 22.5 Å². The molecule has 8 heteroatoms. The molecule has 0 aliphatic carbocycles. The van der Waals surface area contributed by atoms with E-state index in [4.69, 9.17) is 4.74 Å². The third kappa shape index (κ3) is 5.21. The molecule has 0 spiro atoms. The van der Waals surface area contributed by atoms with Gasteiger partial charge in [-0.15, -0.1) is 11.3 Å². The molecule has 3 aromatic rings. The van der Waals surface area contributed by atoms with Crippen molar-refractivity contribution in [3.05, 3.63) is 66.6 Å². The molecule has 0 aliphatic rings. The van der Waals surface area contributed by atoms with Gasteiger partial charge in [0.1, 0.15) is 5.75 Å². The summed E-state index contributed by atoms with van der Waals surface area (Å²) in [5.41, 5.74) is 2.13. The van der Waals surface area contributed by atoms with Crippen molar-refractivity contribution in [2.75, 3.05) is 17.8 Å². The Kier molecular flexibility index (Phi) is 6.92. The third-order valence-corrected chi connectivity index (χ3v) is 7.39. The van der Waals surface area contributed by atoms with Gasteiger partial charge in [-0.05, 0) is 60.5 Å². The predicted molar refractivity (Wildman–Crippen MR) is 125 cm³/mol. The van der Waals surface area contributed by atoms with Crippen LogP contribution >= 0.6 is 11.3 Å². The van der Waals surface area contributed by atoms with Gasteiger partial charge in [-0.2, -0.15) is 0 Å². The molecule has 0 atom stereocenters. The fraction of sp³-hybridized carbons (Fsp3) is 0.217. The number of benzene rings is 2. The lowest BCUT2D eigenvalue weighted by Gasteiger charge is -2.18. The van der Waals surface area contributed by atoms with Gasteiger partial charge >= 0.3 is 0 Å². The first-order valence-corrected chi connectivity index (χ1v) is 12.2. The van der Waals surface area contributed by atoms with E-state index in [1.807, 2.05) is 43.5 Å². The van der Waals surface area contributed by atoms with Crippen LogP contribution < -0.4 is 9.64 Å². The molecule has 3 rings (SSSR count). The summed E-state index contributed by atoms with van der Waals surface area (Å²) in [6.07, 6.45) is 1.21. The standard InChI is InChI=1S/C23H24N2O4S2/c1-5-22(26)25(18-8-12-20(13-9-18)31(27,28)15-16(2)3)23-24-21(14-30-23)17-6-10-19(29-4)11-7-17/h5-14,16H,1,15H2,2-4H3. The number of nitrogens with zero attached hydrogens (tertiary/aromatic N) is 2. The summed E-state index contributed by atoms with van der Waals surface area (Å²) in [6.45, 7) is 7.30. The number of sulfone groups is 1. The minimum atomic E-state index is -3.38. The Labute approximate surface area is 186 Å². The van der Waals surface area contributed by atoms with Crippen molar-refractivity contribution in [2.24, 2.45) is 5.92 Å². The van der Waals surface area contributed by atoms with E-state index in [1.165, 1.54) is 34.4 Å². The Balaban J connectivity index is 1.93. The number of aromatic nitrogens is 1. The van der Waals surface area contributed by atoms with Crippen molar-refractivity contribution >= 4 is 37.9 Å². The maximum atomic E-state index is 12.6. The number of ether oxygens (including phenoxy) is 1. The largest absolute Gasteiger partial charge is 0.497 e. The molecule has 162 valence electrons. The Hall–Kier alpha value is -2.97. The highest BCUT2D eigenvalue weighted by Gasteiger charge is 2.21. The van der Waals surface area contributed by atoms with Crippen LogP contribution in [0.15, 0.2) is 71.5 Å². The summed E-state index contributed by atoms with van der Waals surface area (Å²) in [5.74, 6) is 0.484. The zero-order chi connectivity index (χ0) is 22.6. The van der Waals surface area contributed by atoms with Gasteiger partial charge in [-0.25, -0.2) is 13.4 Å². The van der Waals surface area contributed by atoms with Crippen LogP contribution in [0.25, 0.3) is 11.3 Å². The highest BCUT2D eigenvalue weighted by atomic mass is 32.2. The molecule has 1 heterocycles. The van der Waals surface area contributed by atoms with Crippen LogP contribution in [0.3, 0.4) is 0 Å². The maximum absolute atomic E-state index is 12.6. The summed E-state index contributed by atoms with van der Waals surface area (Å²) >= 11 is 1.32. The molecule has 0 fully saturated rings. The van der Waals surface area contributed by atoms with E-state index in [1.54, 1.807) is 19.2 Å². The van der Waals surface area contributed by atoms with Crippen LogP contribution in [-0.2, 0) is 14.6 Å². The molecule has 6 nitrogen and oxygen atoms in total. The molecule has 1 amide bonds. The second kappa shape index (κ2) is 9.45. The van der Waals surface area contributed by atoms with Gasteiger partial charge in [-0.3, -0.25) is 9.69 Å². The van der Waals surface area contributed by atoms with Crippen LogP contribution in [0.1, 0.15) is 13.8 Å². The molecule has 0 saturated heterocycles. The molecule has 0 bridgehead atoms. The van der Waals surface area contributed by atoms with Crippen molar-refractivity contribution in [2.45, 2.75) is 18.7 Å². The zero-order valence-corrected chi connectivity index (χ0v) is 19.2. The van der Waals surface area contributed by atoms with Crippen LogP contribution in [0.4, 0.5) is 10.8 Å². The molecule has 1 aromatic heterocycles. The number of hydrogen-bond donors (Lipinski definition) is 0. The van der Waals surface area contributed by atoms with Gasteiger partial charge in [-0.1, -0.05) is 20.4 Å². The first-order chi connectivity index (χ1) is 14.7. The quantitative estimate of drug-likeness (QED) is 0.441. The summed E-state index contributed by atoms with van der Waals surface area (Å²) in [5, 5.41) is 2.33. The Morgan fingerprint density at radius 2 is 1.81 bits per heavy atom. The summed E-state index contributed by atoms with van der Waals surface area (Å²) in [4.78, 5) is 18.9. The maximum Gasteiger partial charge on any atom is 0.256 e. The molecule has 31 heavy (non-hydrogen) atoms. The zero-order valence-electron chi connectivity index (χ0n) is 17.6. The first kappa shape index (κ1) is 22.7. The number of hydrogen-bond acceptors (Lipinski definition) is 6. The van der Waals surface area contributed by atoms with Gasteiger partial charge < -0.3 is 4.74 Å². The minimum absolute atomic E-state index is 0.0233. The molecular formula is C23H24N2O4S2. The number of anilines is 2. The smallest absolute Gasteiger partial charge is 0.256 e. The van der Waals surface area contributed by atoms with E-state index in [0.717, 1.165) is 17.0 Å². The number of rotatable bonds is 8. The van der Waals surface area contributed by atoms with Crippen LogP contribution in [-0.4, -0.2) is 32.2 Å². The third-order valence-electron chi connectivity index (χ3n) is 4.47. The molecule has 0 unspecified atom stereocenters. The second-order valence-corrected chi connectivity index (χ2v) is 10.2. The second-order valence-electron chi connectivity index (χ2n) is 7.29. The average Bonchev–Trinajstić information content (AvgIpc) is 3.23. The molecule has 0 N–H and O–H groups in total. The highest BCUT2D eigenvalue weighted by Crippen LogP contribution is 2.33. The summed E-state index contributed by atoms with van der Waals surface area (Å²) in [6, 6.07) is 13.8. The molecule has 2 aromatic carbocycles. The summed E-state index contributed by atoms with van der Waals surface area (Å²) < 4.78 is 30.1. The molecule has 0 aliphatic heterocycles. The summed E-state index contributed by atoms with van der Waals surface area (Å²) in [7, 11) is -1.77. The van der Waals surface area contributed by atoms with Crippen molar-refractivity contribution in [3.8, 4) is 17.0 Å². The number of amides is 1. The van der Waals surface area contributed by atoms with Crippen molar-refractivity contribution in [3.63, 3.8) is 0 Å². The fourth-order valence-electron chi connectivity index (χ4n) is 3.02. The van der Waals surface area contributed by atoms with Crippen LogP contribution in [0.2, 0.25) is 0 Å². The van der Waals surface area contributed by atoms with Crippen molar-refractivity contribution in [1.82, 2.24) is 4.98 Å². The van der Waals surface area contributed by atoms with Gasteiger partial charge in [0.15, 0.2) is 15.0 Å². The van der Waals surface area contributed by atoms with E-state index < -0.39 is 9.84 Å². The molecule has 0 radical (unpaired) electrons. The van der Waals surface area contributed by atoms with Gasteiger partial charge in [0.25, 0.3) is 5.91 Å². The van der Waals surface area contributed by atoms with Gasteiger partial charge in [0.2, 0.25) is 0 Å².